The summed E-state index contributed by atoms with van der Waals surface area (Å²) in [5, 5.41) is 2.92. The van der Waals surface area contributed by atoms with Crippen LogP contribution in [-0.2, 0) is 12.7 Å². The lowest BCUT2D eigenvalue weighted by Gasteiger charge is -2.11. The van der Waals surface area contributed by atoms with Gasteiger partial charge in [0.2, 0.25) is 0 Å². The summed E-state index contributed by atoms with van der Waals surface area (Å²) in [4.78, 5) is 3.72. The first-order valence-electron chi connectivity index (χ1n) is 5.98. The maximum absolute atomic E-state index is 12.5. The van der Waals surface area contributed by atoms with Crippen LogP contribution in [0.2, 0.25) is 0 Å². The Morgan fingerprint density at radius 3 is 2.40 bits per heavy atom. The zero-order chi connectivity index (χ0) is 14.8. The third kappa shape index (κ3) is 3.40. The number of nitrogens with two attached hydrogens (primary N) is 1. The summed E-state index contributed by atoms with van der Waals surface area (Å²) in [5.41, 5.74) is 6.85. The lowest BCUT2D eigenvalue weighted by molar-refractivity contribution is -0.137. The van der Waals surface area contributed by atoms with Gasteiger partial charge in [0.1, 0.15) is 5.82 Å². The highest BCUT2D eigenvalue weighted by atomic mass is 19.4. The summed E-state index contributed by atoms with van der Waals surface area (Å²) in [6.07, 6.45) is -3.66. The molecule has 0 bridgehead atoms. The van der Waals surface area contributed by atoms with Gasteiger partial charge in [-0.05, 0) is 18.6 Å². The van der Waals surface area contributed by atoms with E-state index in [2.05, 4.69) is 10.3 Å². The third-order valence-corrected chi connectivity index (χ3v) is 2.83. The molecular formula is C14H14F3N3. The van der Waals surface area contributed by atoms with Gasteiger partial charge in [-0.25, -0.2) is 4.98 Å². The van der Waals surface area contributed by atoms with Crippen molar-refractivity contribution in [3.8, 4) is 0 Å². The Balaban J connectivity index is 2.08. The van der Waals surface area contributed by atoms with E-state index in [1.54, 1.807) is 0 Å². The molecule has 0 unspecified atom stereocenters. The van der Waals surface area contributed by atoms with Crippen LogP contribution in [0.15, 0.2) is 36.5 Å². The lowest BCUT2D eigenvalue weighted by atomic mass is 10.1. The number of nitrogen functional groups attached to an aromatic ring is 1. The molecule has 0 atom stereocenters. The maximum Gasteiger partial charge on any atom is 0.417 e. The monoisotopic (exact) mass is 281 g/mol. The van der Waals surface area contributed by atoms with Gasteiger partial charge in [0.05, 0.1) is 11.3 Å². The van der Waals surface area contributed by atoms with E-state index in [-0.39, 0.29) is 11.5 Å². The summed E-state index contributed by atoms with van der Waals surface area (Å²) in [5.74, 6) is 0.249. The lowest BCUT2D eigenvalue weighted by Crippen LogP contribution is -2.10. The molecule has 3 N–H and O–H groups in total. The second-order valence-corrected chi connectivity index (χ2v) is 4.50. The zero-order valence-corrected chi connectivity index (χ0v) is 10.8. The normalized spacial score (nSPS) is 11.4. The topological polar surface area (TPSA) is 50.9 Å². The predicted molar refractivity (Wildman–Crippen MR) is 72.2 cm³/mol. The summed E-state index contributed by atoms with van der Waals surface area (Å²) >= 11 is 0. The number of hydrogen-bond donors (Lipinski definition) is 2. The first-order valence-corrected chi connectivity index (χ1v) is 5.98. The predicted octanol–water partition coefficient (Wildman–Crippen LogP) is 3.60. The fraction of sp³-hybridized carbons (Fsp3) is 0.214. The Hall–Kier alpha value is -2.24. The van der Waals surface area contributed by atoms with E-state index >= 15 is 0 Å². The maximum atomic E-state index is 12.5. The fourth-order valence-corrected chi connectivity index (χ4v) is 1.68. The number of nitrogens with zero attached hydrogens (tertiary/aromatic N) is 1. The van der Waals surface area contributed by atoms with Gasteiger partial charge < -0.3 is 11.1 Å². The van der Waals surface area contributed by atoms with Crippen LogP contribution in [0.4, 0.5) is 24.7 Å². The van der Waals surface area contributed by atoms with Crippen molar-refractivity contribution in [2.45, 2.75) is 19.6 Å². The number of nitrogens with one attached hydrogen (secondary N) is 1. The van der Waals surface area contributed by atoms with Crippen LogP contribution in [0, 0.1) is 6.92 Å². The molecule has 0 amide bonds. The van der Waals surface area contributed by atoms with Crippen molar-refractivity contribution in [2.24, 2.45) is 0 Å². The highest BCUT2D eigenvalue weighted by molar-refractivity contribution is 5.62. The largest absolute Gasteiger partial charge is 0.417 e. The average Bonchev–Trinajstić information content (AvgIpc) is 2.38. The number of aromatic nitrogens is 1. The molecule has 6 heteroatoms. The Labute approximate surface area is 114 Å². The van der Waals surface area contributed by atoms with Gasteiger partial charge in [0.15, 0.2) is 0 Å². The van der Waals surface area contributed by atoms with Gasteiger partial charge in [0.25, 0.3) is 0 Å². The number of anilines is 2. The van der Waals surface area contributed by atoms with Crippen LogP contribution in [-0.4, -0.2) is 4.98 Å². The number of benzene rings is 1. The molecule has 0 aliphatic rings. The summed E-state index contributed by atoms with van der Waals surface area (Å²) in [6.45, 7) is 2.43. The van der Waals surface area contributed by atoms with E-state index in [9.17, 15) is 13.2 Å². The molecule has 0 saturated carbocycles. The van der Waals surface area contributed by atoms with Crippen LogP contribution < -0.4 is 11.1 Å². The van der Waals surface area contributed by atoms with Crippen molar-refractivity contribution >= 4 is 11.5 Å². The minimum Gasteiger partial charge on any atom is -0.396 e. The van der Waals surface area contributed by atoms with Crippen molar-refractivity contribution in [1.29, 1.82) is 0 Å². The van der Waals surface area contributed by atoms with E-state index in [4.69, 9.17) is 5.73 Å². The van der Waals surface area contributed by atoms with E-state index in [0.29, 0.717) is 6.54 Å². The van der Waals surface area contributed by atoms with Gasteiger partial charge in [-0.3, -0.25) is 0 Å². The SMILES string of the molecule is Cc1ccc(CNc2ncc(C(F)(F)F)cc2N)cc1. The van der Waals surface area contributed by atoms with E-state index in [1.807, 2.05) is 31.2 Å². The molecular weight excluding hydrogens is 267 g/mol. The Bertz CT molecular complexity index is 592. The number of aryl methyl sites for hydroxylation is 1. The molecule has 0 aliphatic heterocycles. The third-order valence-electron chi connectivity index (χ3n) is 2.83. The fourth-order valence-electron chi connectivity index (χ4n) is 1.68. The standard InChI is InChI=1S/C14H14F3N3/c1-9-2-4-10(5-3-9)7-19-13-12(18)6-11(8-20-13)14(15,16)17/h2-6,8H,7,18H2,1H3,(H,19,20). The van der Waals surface area contributed by atoms with Gasteiger partial charge in [-0.2, -0.15) is 13.2 Å². The minimum atomic E-state index is -4.43. The molecule has 3 nitrogen and oxygen atoms in total. The molecule has 0 aliphatic carbocycles. The minimum absolute atomic E-state index is 0.0214. The van der Waals surface area contributed by atoms with Gasteiger partial charge >= 0.3 is 6.18 Å². The van der Waals surface area contributed by atoms with Gasteiger partial charge in [-0.15, -0.1) is 0 Å². The van der Waals surface area contributed by atoms with E-state index in [1.165, 1.54) is 0 Å². The molecule has 1 heterocycles. The number of pyridine rings is 1. The Morgan fingerprint density at radius 1 is 1.20 bits per heavy atom. The van der Waals surface area contributed by atoms with E-state index in [0.717, 1.165) is 23.4 Å². The molecule has 1 aromatic heterocycles. The zero-order valence-electron chi connectivity index (χ0n) is 10.8. The molecule has 106 valence electrons. The second kappa shape index (κ2) is 5.40. The Kier molecular flexibility index (Phi) is 3.83. The molecule has 2 rings (SSSR count). The van der Waals surface area contributed by atoms with E-state index < -0.39 is 11.7 Å². The van der Waals surface area contributed by atoms with Crippen LogP contribution >= 0.6 is 0 Å². The van der Waals surface area contributed by atoms with Crippen LogP contribution in [0.25, 0.3) is 0 Å². The first-order chi connectivity index (χ1) is 9.36. The van der Waals surface area contributed by atoms with Crippen LogP contribution in [0.1, 0.15) is 16.7 Å². The number of rotatable bonds is 3. The first kappa shape index (κ1) is 14.2. The molecule has 2 aromatic rings. The summed E-state index contributed by atoms with van der Waals surface area (Å²) in [7, 11) is 0. The van der Waals surface area contributed by atoms with Crippen LogP contribution in [0.3, 0.4) is 0 Å². The summed E-state index contributed by atoms with van der Waals surface area (Å²) in [6, 6.07) is 8.66. The number of halogens is 3. The van der Waals surface area contributed by atoms with Crippen molar-refractivity contribution in [1.82, 2.24) is 4.98 Å². The quantitative estimate of drug-likeness (QED) is 0.903. The number of alkyl halides is 3. The summed E-state index contributed by atoms with van der Waals surface area (Å²) < 4.78 is 37.4. The molecule has 0 spiro atoms. The van der Waals surface area contributed by atoms with Crippen LogP contribution in [0.5, 0.6) is 0 Å². The van der Waals surface area contributed by atoms with Crippen molar-refractivity contribution < 1.29 is 13.2 Å². The average molecular weight is 281 g/mol. The molecule has 20 heavy (non-hydrogen) atoms. The van der Waals surface area contributed by atoms with Crippen molar-refractivity contribution in [2.75, 3.05) is 11.1 Å². The van der Waals surface area contributed by atoms with Gasteiger partial charge in [-0.1, -0.05) is 29.8 Å². The number of hydrogen-bond acceptors (Lipinski definition) is 3. The highest BCUT2D eigenvalue weighted by Gasteiger charge is 2.31. The molecule has 0 radical (unpaired) electrons. The van der Waals surface area contributed by atoms with Gasteiger partial charge in [0, 0.05) is 12.7 Å². The molecule has 0 saturated heterocycles. The van der Waals surface area contributed by atoms with Crippen molar-refractivity contribution in [3.05, 3.63) is 53.2 Å². The Morgan fingerprint density at radius 2 is 1.85 bits per heavy atom. The second-order valence-electron chi connectivity index (χ2n) is 4.50. The molecule has 0 fully saturated rings. The van der Waals surface area contributed by atoms with Crippen molar-refractivity contribution in [3.63, 3.8) is 0 Å². The molecule has 1 aromatic carbocycles. The smallest absolute Gasteiger partial charge is 0.396 e. The highest BCUT2D eigenvalue weighted by Crippen LogP contribution is 2.31.